The van der Waals surface area contributed by atoms with Crippen LogP contribution in [-0.4, -0.2) is 36.0 Å². The summed E-state index contributed by atoms with van der Waals surface area (Å²) in [5.41, 5.74) is 7.13. The quantitative estimate of drug-likeness (QED) is 0.877. The lowest BCUT2D eigenvalue weighted by molar-refractivity contribution is -0.125. The Balaban J connectivity index is 2.04. The van der Waals surface area contributed by atoms with Crippen LogP contribution >= 0.6 is 11.6 Å². The molecule has 1 aliphatic rings. The van der Waals surface area contributed by atoms with Crippen molar-refractivity contribution in [3.8, 4) is 0 Å². The number of nitrogens with two attached hydrogens (primary N) is 1. The van der Waals surface area contributed by atoms with Gasteiger partial charge in [0.05, 0.1) is 6.04 Å². The molecule has 19 heavy (non-hydrogen) atoms. The molecule has 1 saturated heterocycles. The molecule has 5 heteroatoms. The molecular weight excluding hydrogens is 262 g/mol. The minimum Gasteiger partial charge on any atom is -0.355 e. The Hall–Kier alpha value is -1.10. The fraction of sp³-hybridized carbons (Fsp3) is 0.500. The van der Waals surface area contributed by atoms with Crippen LogP contribution in [0.1, 0.15) is 18.9 Å². The van der Waals surface area contributed by atoms with E-state index >= 15 is 0 Å². The van der Waals surface area contributed by atoms with Crippen molar-refractivity contribution in [2.75, 3.05) is 13.1 Å². The zero-order chi connectivity index (χ0) is 13.8. The van der Waals surface area contributed by atoms with Gasteiger partial charge in [-0.2, -0.15) is 0 Å². The van der Waals surface area contributed by atoms with Gasteiger partial charge in [-0.05, 0) is 31.0 Å². The second-order valence-corrected chi connectivity index (χ2v) is 5.40. The van der Waals surface area contributed by atoms with Gasteiger partial charge < -0.3 is 11.1 Å². The number of likely N-dealkylation sites (N-methyl/N-ethyl adjacent to an activating group) is 1. The van der Waals surface area contributed by atoms with E-state index in [0.29, 0.717) is 6.54 Å². The van der Waals surface area contributed by atoms with Crippen LogP contribution in [0, 0.1) is 0 Å². The van der Waals surface area contributed by atoms with Crippen LogP contribution in [0.4, 0.5) is 0 Å². The van der Waals surface area contributed by atoms with E-state index < -0.39 is 0 Å². The van der Waals surface area contributed by atoms with Crippen molar-refractivity contribution in [1.29, 1.82) is 0 Å². The third-order valence-electron chi connectivity index (χ3n) is 3.39. The molecule has 1 amide bonds. The van der Waals surface area contributed by atoms with Crippen molar-refractivity contribution in [2.45, 2.75) is 32.0 Å². The lowest BCUT2D eigenvalue weighted by Crippen LogP contribution is -2.42. The Kier molecular flexibility index (Phi) is 4.80. The Bertz CT molecular complexity index is 435. The van der Waals surface area contributed by atoms with Crippen molar-refractivity contribution in [1.82, 2.24) is 10.2 Å². The van der Waals surface area contributed by atoms with Crippen molar-refractivity contribution >= 4 is 17.5 Å². The number of nitrogens with one attached hydrogen (secondary N) is 1. The van der Waals surface area contributed by atoms with Gasteiger partial charge in [0.2, 0.25) is 5.91 Å². The highest BCUT2D eigenvalue weighted by Crippen LogP contribution is 2.20. The van der Waals surface area contributed by atoms with Crippen LogP contribution in [0.15, 0.2) is 24.3 Å². The lowest BCUT2D eigenvalue weighted by atomic mass is 10.1. The molecule has 1 fully saturated rings. The number of nitrogens with zero attached hydrogens (tertiary/aromatic N) is 1. The van der Waals surface area contributed by atoms with Gasteiger partial charge in [-0.1, -0.05) is 23.7 Å². The van der Waals surface area contributed by atoms with E-state index in [-0.39, 0.29) is 18.0 Å². The van der Waals surface area contributed by atoms with Gasteiger partial charge in [-0.3, -0.25) is 9.69 Å². The zero-order valence-electron chi connectivity index (χ0n) is 11.1. The smallest absolute Gasteiger partial charge is 0.237 e. The first-order valence-electron chi connectivity index (χ1n) is 6.62. The number of carbonyl (C=O) groups excluding carboxylic acids is 1. The maximum atomic E-state index is 12.0. The molecule has 1 aromatic rings. The first-order chi connectivity index (χ1) is 9.10. The normalized spacial score (nSPS) is 23.5. The van der Waals surface area contributed by atoms with E-state index in [4.69, 9.17) is 17.3 Å². The van der Waals surface area contributed by atoms with Crippen LogP contribution in [0.2, 0.25) is 5.02 Å². The predicted octanol–water partition coefficient (Wildman–Crippen LogP) is 1.38. The fourth-order valence-electron chi connectivity index (χ4n) is 2.50. The van der Waals surface area contributed by atoms with E-state index in [0.717, 1.165) is 30.1 Å². The fourth-order valence-corrected chi connectivity index (χ4v) is 2.63. The molecule has 4 nitrogen and oxygen atoms in total. The molecule has 104 valence electrons. The summed E-state index contributed by atoms with van der Waals surface area (Å²) in [6.45, 7) is 4.06. The Morgan fingerprint density at radius 1 is 1.47 bits per heavy atom. The Labute approximate surface area is 118 Å². The number of benzene rings is 1. The molecule has 2 atom stereocenters. The minimum atomic E-state index is -0.120. The highest BCUT2D eigenvalue weighted by atomic mass is 35.5. The number of halogens is 1. The van der Waals surface area contributed by atoms with Gasteiger partial charge in [0.25, 0.3) is 0 Å². The van der Waals surface area contributed by atoms with E-state index in [1.807, 2.05) is 31.2 Å². The summed E-state index contributed by atoms with van der Waals surface area (Å²) < 4.78 is 0. The summed E-state index contributed by atoms with van der Waals surface area (Å²) in [5.74, 6) is 0.0735. The SMILES string of the molecule is CCNC(=O)[C@@H]1C[C@H](N)CN1Cc1ccc(Cl)cc1. The number of rotatable bonds is 4. The zero-order valence-corrected chi connectivity index (χ0v) is 11.9. The molecule has 1 aliphatic heterocycles. The van der Waals surface area contributed by atoms with E-state index in [2.05, 4.69) is 10.2 Å². The second kappa shape index (κ2) is 6.37. The van der Waals surface area contributed by atoms with E-state index in [9.17, 15) is 4.79 Å². The molecule has 0 spiro atoms. The molecule has 0 saturated carbocycles. The summed E-state index contributed by atoms with van der Waals surface area (Å²) in [4.78, 5) is 14.2. The molecule has 1 heterocycles. The van der Waals surface area contributed by atoms with Crippen LogP contribution in [-0.2, 0) is 11.3 Å². The molecule has 0 radical (unpaired) electrons. The third kappa shape index (κ3) is 3.69. The van der Waals surface area contributed by atoms with Gasteiger partial charge in [0.15, 0.2) is 0 Å². The number of amides is 1. The molecule has 2 rings (SSSR count). The summed E-state index contributed by atoms with van der Waals surface area (Å²) in [5, 5.41) is 3.60. The standard InChI is InChI=1S/C14H20ClN3O/c1-2-17-14(19)13-7-12(16)9-18(13)8-10-3-5-11(15)6-4-10/h3-6,12-13H,2,7-9,16H2,1H3,(H,17,19)/t12-,13-/m0/s1. The summed E-state index contributed by atoms with van der Waals surface area (Å²) >= 11 is 5.87. The maximum absolute atomic E-state index is 12.0. The molecule has 0 unspecified atom stereocenters. The molecule has 3 N–H and O–H groups in total. The van der Waals surface area contributed by atoms with Crippen molar-refractivity contribution in [3.63, 3.8) is 0 Å². The molecule has 1 aromatic carbocycles. The van der Waals surface area contributed by atoms with Crippen LogP contribution in [0.25, 0.3) is 0 Å². The lowest BCUT2D eigenvalue weighted by Gasteiger charge is -2.23. The highest BCUT2D eigenvalue weighted by Gasteiger charge is 2.34. The third-order valence-corrected chi connectivity index (χ3v) is 3.64. The highest BCUT2D eigenvalue weighted by molar-refractivity contribution is 6.30. The number of hydrogen-bond donors (Lipinski definition) is 2. The van der Waals surface area contributed by atoms with Gasteiger partial charge >= 0.3 is 0 Å². The largest absolute Gasteiger partial charge is 0.355 e. The number of likely N-dealkylation sites (tertiary alicyclic amines) is 1. The molecular formula is C14H20ClN3O. The number of hydrogen-bond acceptors (Lipinski definition) is 3. The second-order valence-electron chi connectivity index (χ2n) is 4.96. The molecule has 0 bridgehead atoms. The van der Waals surface area contributed by atoms with Crippen LogP contribution < -0.4 is 11.1 Å². The van der Waals surface area contributed by atoms with E-state index in [1.165, 1.54) is 0 Å². The Morgan fingerprint density at radius 3 is 2.79 bits per heavy atom. The number of carbonyl (C=O) groups is 1. The maximum Gasteiger partial charge on any atom is 0.237 e. The first kappa shape index (κ1) is 14.3. The van der Waals surface area contributed by atoms with Gasteiger partial charge in [-0.15, -0.1) is 0 Å². The van der Waals surface area contributed by atoms with Gasteiger partial charge in [0.1, 0.15) is 0 Å². The summed E-state index contributed by atoms with van der Waals surface area (Å²) in [7, 11) is 0. The average Bonchev–Trinajstić information content (AvgIpc) is 2.74. The Morgan fingerprint density at radius 2 is 2.16 bits per heavy atom. The van der Waals surface area contributed by atoms with E-state index in [1.54, 1.807) is 0 Å². The van der Waals surface area contributed by atoms with Crippen molar-refractivity contribution in [3.05, 3.63) is 34.9 Å². The molecule has 0 aromatic heterocycles. The van der Waals surface area contributed by atoms with Crippen LogP contribution in [0.3, 0.4) is 0 Å². The van der Waals surface area contributed by atoms with Crippen molar-refractivity contribution < 1.29 is 4.79 Å². The minimum absolute atomic E-state index is 0.0694. The van der Waals surface area contributed by atoms with Gasteiger partial charge in [-0.25, -0.2) is 0 Å². The summed E-state index contributed by atoms with van der Waals surface area (Å²) in [6, 6.07) is 7.66. The van der Waals surface area contributed by atoms with Crippen molar-refractivity contribution in [2.24, 2.45) is 5.73 Å². The molecule has 0 aliphatic carbocycles. The average molecular weight is 282 g/mol. The topological polar surface area (TPSA) is 58.4 Å². The predicted molar refractivity (Wildman–Crippen MR) is 76.9 cm³/mol. The van der Waals surface area contributed by atoms with Crippen LogP contribution in [0.5, 0.6) is 0 Å². The first-order valence-corrected chi connectivity index (χ1v) is 6.99. The monoisotopic (exact) mass is 281 g/mol. The summed E-state index contributed by atoms with van der Waals surface area (Å²) in [6.07, 6.45) is 0.722. The van der Waals surface area contributed by atoms with Gasteiger partial charge in [0, 0.05) is 30.7 Å².